The first kappa shape index (κ1) is 15.2. The summed E-state index contributed by atoms with van der Waals surface area (Å²) in [5, 5.41) is 0. The van der Waals surface area contributed by atoms with Crippen LogP contribution in [0.2, 0.25) is 0 Å². The number of hydrogen-bond acceptors (Lipinski definition) is 1. The maximum atomic E-state index is 10.1. The molecule has 0 radical (unpaired) electrons. The highest BCUT2D eigenvalue weighted by Gasteiger charge is 1.87. The maximum absolute atomic E-state index is 10.1. The molecule has 0 aliphatic carbocycles. The van der Waals surface area contributed by atoms with E-state index in [1.54, 1.807) is 0 Å². The predicted molar refractivity (Wildman–Crippen MR) is 71.6 cm³/mol. The zero-order chi connectivity index (χ0) is 11.9. The second kappa shape index (κ2) is 14.2. The first-order valence-corrected chi connectivity index (χ1v) is 6.61. The number of rotatable bonds is 12. The highest BCUT2D eigenvalue weighted by molar-refractivity contribution is 5.48. The van der Waals surface area contributed by atoms with Gasteiger partial charge in [0, 0.05) is 6.42 Å². The van der Waals surface area contributed by atoms with E-state index in [0.29, 0.717) is 0 Å². The average Bonchev–Trinajstić information content (AvgIpc) is 2.31. The van der Waals surface area contributed by atoms with Gasteiger partial charge in [0.1, 0.15) is 6.29 Å². The summed E-state index contributed by atoms with van der Waals surface area (Å²) in [7, 11) is 0. The van der Waals surface area contributed by atoms with Gasteiger partial charge in [0.2, 0.25) is 0 Å². The smallest absolute Gasteiger partial charge is 0.119 e. The third kappa shape index (κ3) is 13.2. The number of unbranched alkanes of at least 4 members (excludes halogenated alkanes) is 8. The Labute approximate surface area is 101 Å². The summed E-state index contributed by atoms with van der Waals surface area (Å²) in [6.45, 7) is 3.72. The molecule has 0 heterocycles. The standard InChI is InChI=1S/C15H26O/c1-2-3-4-5-6-7-8-9-10-11-12-13-14-15-16/h2,9-10,15H,1,3-8,11-14H2. The lowest BCUT2D eigenvalue weighted by molar-refractivity contribution is -0.107. The van der Waals surface area contributed by atoms with Crippen molar-refractivity contribution in [1.29, 1.82) is 0 Å². The van der Waals surface area contributed by atoms with Crippen molar-refractivity contribution in [3.63, 3.8) is 0 Å². The summed E-state index contributed by atoms with van der Waals surface area (Å²) >= 11 is 0. The fourth-order valence-corrected chi connectivity index (χ4v) is 1.63. The van der Waals surface area contributed by atoms with E-state index in [1.807, 2.05) is 6.08 Å². The van der Waals surface area contributed by atoms with Crippen molar-refractivity contribution < 1.29 is 4.79 Å². The Morgan fingerprint density at radius 1 is 0.688 bits per heavy atom. The Morgan fingerprint density at radius 2 is 1.19 bits per heavy atom. The predicted octanol–water partition coefficient (Wildman–Crippen LogP) is 4.83. The Morgan fingerprint density at radius 3 is 1.75 bits per heavy atom. The number of carbonyl (C=O) groups is 1. The first-order valence-electron chi connectivity index (χ1n) is 6.61. The van der Waals surface area contributed by atoms with E-state index in [9.17, 15) is 4.79 Å². The van der Waals surface area contributed by atoms with Crippen LogP contribution in [0.25, 0.3) is 0 Å². The molecule has 0 N–H and O–H groups in total. The normalized spacial score (nSPS) is 10.8. The second-order valence-electron chi connectivity index (χ2n) is 4.20. The van der Waals surface area contributed by atoms with Crippen LogP contribution in [0, 0.1) is 0 Å². The molecule has 16 heavy (non-hydrogen) atoms. The highest BCUT2D eigenvalue weighted by atomic mass is 16.1. The summed E-state index contributed by atoms with van der Waals surface area (Å²) < 4.78 is 0. The van der Waals surface area contributed by atoms with Crippen molar-refractivity contribution in [3.05, 3.63) is 24.8 Å². The number of hydrogen-bond donors (Lipinski definition) is 0. The molecule has 0 aliphatic heterocycles. The summed E-state index contributed by atoms with van der Waals surface area (Å²) in [6, 6.07) is 0. The van der Waals surface area contributed by atoms with E-state index in [-0.39, 0.29) is 0 Å². The third-order valence-electron chi connectivity index (χ3n) is 2.64. The van der Waals surface area contributed by atoms with Gasteiger partial charge in [0.15, 0.2) is 0 Å². The molecule has 92 valence electrons. The second-order valence-corrected chi connectivity index (χ2v) is 4.20. The van der Waals surface area contributed by atoms with Gasteiger partial charge in [-0.05, 0) is 44.9 Å². The van der Waals surface area contributed by atoms with Crippen molar-refractivity contribution in [2.24, 2.45) is 0 Å². The molecule has 0 fully saturated rings. The fraction of sp³-hybridized carbons (Fsp3) is 0.667. The molecular formula is C15H26O. The van der Waals surface area contributed by atoms with Gasteiger partial charge in [-0.1, -0.05) is 31.1 Å². The molecule has 0 spiro atoms. The van der Waals surface area contributed by atoms with Crippen LogP contribution in [0.5, 0.6) is 0 Å². The highest BCUT2D eigenvalue weighted by Crippen LogP contribution is 2.07. The first-order chi connectivity index (χ1) is 7.91. The Kier molecular flexibility index (Phi) is 13.4. The molecule has 0 saturated heterocycles. The van der Waals surface area contributed by atoms with Crippen LogP contribution in [0.1, 0.15) is 64.2 Å². The largest absolute Gasteiger partial charge is 0.303 e. The molecule has 0 aromatic rings. The molecule has 0 bridgehead atoms. The molecule has 0 aliphatic rings. The monoisotopic (exact) mass is 222 g/mol. The van der Waals surface area contributed by atoms with Gasteiger partial charge in [0.05, 0.1) is 0 Å². The zero-order valence-electron chi connectivity index (χ0n) is 10.5. The SMILES string of the molecule is C=CCCCCCCC=CCCCCC=O. The Balaban J connectivity index is 3.03. The molecule has 0 amide bonds. The van der Waals surface area contributed by atoms with Gasteiger partial charge < -0.3 is 4.79 Å². The van der Waals surface area contributed by atoms with E-state index >= 15 is 0 Å². The van der Waals surface area contributed by atoms with Crippen LogP contribution in [0.3, 0.4) is 0 Å². The number of carbonyl (C=O) groups excluding carboxylic acids is 1. The molecule has 0 aromatic carbocycles. The van der Waals surface area contributed by atoms with E-state index in [1.165, 1.54) is 32.1 Å². The van der Waals surface area contributed by atoms with Crippen LogP contribution >= 0.6 is 0 Å². The summed E-state index contributed by atoms with van der Waals surface area (Å²) in [5.74, 6) is 0. The number of aldehydes is 1. The zero-order valence-corrected chi connectivity index (χ0v) is 10.5. The van der Waals surface area contributed by atoms with Crippen LogP contribution < -0.4 is 0 Å². The average molecular weight is 222 g/mol. The minimum atomic E-state index is 0.719. The van der Waals surface area contributed by atoms with E-state index in [0.717, 1.165) is 38.4 Å². The molecule has 1 nitrogen and oxygen atoms in total. The van der Waals surface area contributed by atoms with E-state index < -0.39 is 0 Å². The van der Waals surface area contributed by atoms with E-state index in [2.05, 4.69) is 18.7 Å². The van der Waals surface area contributed by atoms with Crippen molar-refractivity contribution >= 4 is 6.29 Å². The molecule has 0 rings (SSSR count). The van der Waals surface area contributed by atoms with Crippen molar-refractivity contribution in [3.8, 4) is 0 Å². The van der Waals surface area contributed by atoms with Crippen LogP contribution in [-0.4, -0.2) is 6.29 Å². The molecular weight excluding hydrogens is 196 g/mol. The summed E-state index contributed by atoms with van der Waals surface area (Å²) in [6.07, 6.45) is 19.2. The van der Waals surface area contributed by atoms with Gasteiger partial charge in [-0.25, -0.2) is 0 Å². The molecule has 0 atom stereocenters. The van der Waals surface area contributed by atoms with Gasteiger partial charge in [-0.2, -0.15) is 0 Å². The molecule has 1 heteroatoms. The Hall–Kier alpha value is -0.850. The minimum Gasteiger partial charge on any atom is -0.303 e. The Bertz CT molecular complexity index is 182. The lowest BCUT2D eigenvalue weighted by Crippen LogP contribution is -1.78. The molecule has 0 unspecified atom stereocenters. The lowest BCUT2D eigenvalue weighted by Gasteiger charge is -1.96. The summed E-state index contributed by atoms with van der Waals surface area (Å²) in [4.78, 5) is 10.1. The fourth-order valence-electron chi connectivity index (χ4n) is 1.63. The summed E-state index contributed by atoms with van der Waals surface area (Å²) in [5.41, 5.74) is 0. The van der Waals surface area contributed by atoms with Crippen LogP contribution in [-0.2, 0) is 4.79 Å². The van der Waals surface area contributed by atoms with Crippen LogP contribution in [0.15, 0.2) is 24.8 Å². The van der Waals surface area contributed by atoms with Crippen molar-refractivity contribution in [2.45, 2.75) is 64.2 Å². The van der Waals surface area contributed by atoms with Crippen LogP contribution in [0.4, 0.5) is 0 Å². The topological polar surface area (TPSA) is 17.1 Å². The van der Waals surface area contributed by atoms with Crippen molar-refractivity contribution in [1.82, 2.24) is 0 Å². The van der Waals surface area contributed by atoms with Gasteiger partial charge in [-0.15, -0.1) is 6.58 Å². The third-order valence-corrected chi connectivity index (χ3v) is 2.64. The van der Waals surface area contributed by atoms with Gasteiger partial charge >= 0.3 is 0 Å². The number of allylic oxidation sites excluding steroid dienone is 3. The van der Waals surface area contributed by atoms with Gasteiger partial charge in [0.25, 0.3) is 0 Å². The molecule has 0 aromatic heterocycles. The quantitative estimate of drug-likeness (QED) is 0.262. The molecule has 0 saturated carbocycles. The minimum absolute atomic E-state index is 0.719. The van der Waals surface area contributed by atoms with Crippen molar-refractivity contribution in [2.75, 3.05) is 0 Å². The maximum Gasteiger partial charge on any atom is 0.119 e. The lowest BCUT2D eigenvalue weighted by atomic mass is 10.1. The van der Waals surface area contributed by atoms with Gasteiger partial charge in [-0.3, -0.25) is 0 Å². The van der Waals surface area contributed by atoms with E-state index in [4.69, 9.17) is 0 Å².